The monoisotopic (exact) mass is 257 g/mol. The third-order valence-electron chi connectivity index (χ3n) is 2.13. The van der Waals surface area contributed by atoms with E-state index >= 15 is 0 Å². The minimum atomic E-state index is 0.713. The van der Waals surface area contributed by atoms with Crippen LogP contribution >= 0.6 is 0 Å². The van der Waals surface area contributed by atoms with Crippen molar-refractivity contribution in [1.82, 2.24) is 5.32 Å². The molecule has 0 saturated heterocycles. The van der Waals surface area contributed by atoms with Crippen LogP contribution in [0.4, 0.5) is 0 Å². The summed E-state index contributed by atoms with van der Waals surface area (Å²) in [5.74, 6) is 0. The number of hydrogen-bond donors (Lipinski definition) is 3. The minimum Gasteiger partial charge on any atom is -0.401 e. The van der Waals surface area contributed by atoms with Crippen molar-refractivity contribution < 1.29 is 0 Å². The van der Waals surface area contributed by atoms with Crippen LogP contribution in [0.15, 0.2) is 25.1 Å². The Bertz CT molecular complexity index is 156. The van der Waals surface area contributed by atoms with Gasteiger partial charge >= 0.3 is 0 Å². The quantitative estimate of drug-likeness (QED) is 0.437. The molecule has 5 N–H and O–H groups in total. The summed E-state index contributed by atoms with van der Waals surface area (Å²) in [7, 11) is 0. The molecule has 18 heavy (non-hydrogen) atoms. The lowest BCUT2D eigenvalue weighted by Crippen LogP contribution is -2.12. The Morgan fingerprint density at radius 3 is 2.22 bits per heavy atom. The fraction of sp³-hybridized carbons (Fsp3) is 0.733. The van der Waals surface area contributed by atoms with Crippen molar-refractivity contribution in [1.29, 1.82) is 0 Å². The van der Waals surface area contributed by atoms with E-state index in [0.717, 1.165) is 25.1 Å². The lowest BCUT2D eigenvalue weighted by atomic mass is 10.2. The zero-order valence-electron chi connectivity index (χ0n) is 12.8. The summed E-state index contributed by atoms with van der Waals surface area (Å²) in [5.41, 5.74) is 12.0. The SMILES string of the molecule is C=C.CC.CCCCCCN/C=C(\N)CCCN. The van der Waals surface area contributed by atoms with Crippen LogP contribution in [0, 0.1) is 0 Å². The summed E-state index contributed by atoms with van der Waals surface area (Å²) in [6.07, 6.45) is 8.94. The van der Waals surface area contributed by atoms with Crippen LogP contribution in [0.25, 0.3) is 0 Å². The summed E-state index contributed by atoms with van der Waals surface area (Å²) in [4.78, 5) is 0. The van der Waals surface area contributed by atoms with Gasteiger partial charge in [0.15, 0.2) is 0 Å². The molecule has 0 heterocycles. The van der Waals surface area contributed by atoms with Gasteiger partial charge in [-0.05, 0) is 25.8 Å². The van der Waals surface area contributed by atoms with Crippen molar-refractivity contribution in [3.8, 4) is 0 Å². The lowest BCUT2D eigenvalue weighted by molar-refractivity contribution is 0.643. The number of rotatable bonds is 9. The van der Waals surface area contributed by atoms with E-state index in [9.17, 15) is 0 Å². The Morgan fingerprint density at radius 1 is 1.11 bits per heavy atom. The second-order valence-corrected chi connectivity index (χ2v) is 3.63. The average Bonchev–Trinajstić information content (AvgIpc) is 2.45. The maximum absolute atomic E-state index is 5.74. The zero-order chi connectivity index (χ0) is 14.6. The van der Waals surface area contributed by atoms with Gasteiger partial charge < -0.3 is 16.8 Å². The van der Waals surface area contributed by atoms with Gasteiger partial charge in [0.05, 0.1) is 0 Å². The Hall–Kier alpha value is -0.960. The normalized spacial score (nSPS) is 9.67. The fourth-order valence-electron chi connectivity index (χ4n) is 1.24. The van der Waals surface area contributed by atoms with Gasteiger partial charge in [0.1, 0.15) is 0 Å². The predicted molar refractivity (Wildman–Crippen MR) is 85.3 cm³/mol. The van der Waals surface area contributed by atoms with Gasteiger partial charge in [0.25, 0.3) is 0 Å². The molecule has 0 atom stereocenters. The maximum Gasteiger partial charge on any atom is 0.0240 e. The predicted octanol–water partition coefficient (Wildman–Crippen LogP) is 3.52. The molecule has 0 aromatic carbocycles. The van der Waals surface area contributed by atoms with Crippen LogP contribution in [0.5, 0.6) is 0 Å². The highest BCUT2D eigenvalue weighted by Crippen LogP contribution is 1.98. The third kappa shape index (κ3) is 24.3. The Balaban J connectivity index is -0.000000506. The van der Waals surface area contributed by atoms with Gasteiger partial charge in [0, 0.05) is 18.4 Å². The minimum absolute atomic E-state index is 0.713. The zero-order valence-corrected chi connectivity index (χ0v) is 12.8. The van der Waals surface area contributed by atoms with Crippen molar-refractivity contribution in [2.24, 2.45) is 11.5 Å². The molecule has 0 aromatic rings. The number of nitrogens with one attached hydrogen (secondary N) is 1. The van der Waals surface area contributed by atoms with E-state index in [1.165, 1.54) is 25.7 Å². The maximum atomic E-state index is 5.74. The van der Waals surface area contributed by atoms with Gasteiger partial charge in [-0.15, -0.1) is 13.2 Å². The highest BCUT2D eigenvalue weighted by Gasteiger charge is 1.89. The van der Waals surface area contributed by atoms with Gasteiger partial charge in [-0.2, -0.15) is 0 Å². The fourth-order valence-corrected chi connectivity index (χ4v) is 1.24. The molecule has 0 aliphatic carbocycles. The molecule has 0 spiro atoms. The van der Waals surface area contributed by atoms with Crippen LogP contribution in [0.1, 0.15) is 59.3 Å². The van der Waals surface area contributed by atoms with Crippen LogP contribution < -0.4 is 16.8 Å². The smallest absolute Gasteiger partial charge is 0.0240 e. The summed E-state index contributed by atoms with van der Waals surface area (Å²) < 4.78 is 0. The number of unbranched alkanes of at least 4 members (excludes halogenated alkanes) is 3. The van der Waals surface area contributed by atoms with Crippen molar-refractivity contribution in [3.05, 3.63) is 25.1 Å². The van der Waals surface area contributed by atoms with Crippen molar-refractivity contribution in [2.45, 2.75) is 59.3 Å². The molecule has 0 saturated carbocycles. The molecule has 0 aliphatic rings. The Labute approximate surface area is 115 Å². The summed E-state index contributed by atoms with van der Waals surface area (Å²) >= 11 is 0. The summed E-state index contributed by atoms with van der Waals surface area (Å²) in [6, 6.07) is 0. The average molecular weight is 257 g/mol. The molecule has 0 rings (SSSR count). The summed E-state index contributed by atoms with van der Waals surface area (Å²) in [5, 5.41) is 3.23. The highest BCUT2D eigenvalue weighted by atomic mass is 14.8. The molecule has 0 radical (unpaired) electrons. The van der Waals surface area contributed by atoms with Crippen molar-refractivity contribution in [2.75, 3.05) is 13.1 Å². The van der Waals surface area contributed by atoms with Crippen molar-refractivity contribution >= 4 is 0 Å². The molecule has 0 bridgehead atoms. The molecule has 0 fully saturated rings. The molecular weight excluding hydrogens is 222 g/mol. The van der Waals surface area contributed by atoms with E-state index in [0.29, 0.717) is 6.54 Å². The molecule has 3 nitrogen and oxygen atoms in total. The number of nitrogens with two attached hydrogens (primary N) is 2. The van der Waals surface area contributed by atoms with E-state index in [-0.39, 0.29) is 0 Å². The highest BCUT2D eigenvalue weighted by molar-refractivity contribution is 4.94. The first-order valence-electron chi connectivity index (χ1n) is 7.19. The lowest BCUT2D eigenvalue weighted by Gasteiger charge is -2.03. The van der Waals surface area contributed by atoms with Gasteiger partial charge in [0.2, 0.25) is 0 Å². The Kier molecular flexibility index (Phi) is 30.9. The molecule has 110 valence electrons. The number of allylic oxidation sites excluding steroid dienone is 1. The van der Waals surface area contributed by atoms with Gasteiger partial charge in [-0.1, -0.05) is 40.0 Å². The first-order valence-corrected chi connectivity index (χ1v) is 7.19. The van der Waals surface area contributed by atoms with E-state index in [4.69, 9.17) is 11.5 Å². The third-order valence-corrected chi connectivity index (χ3v) is 2.13. The van der Waals surface area contributed by atoms with Gasteiger partial charge in [-0.3, -0.25) is 0 Å². The first-order chi connectivity index (χ1) is 8.81. The van der Waals surface area contributed by atoms with Crippen LogP contribution in [-0.4, -0.2) is 13.1 Å². The molecule has 0 aromatic heterocycles. The van der Waals surface area contributed by atoms with Crippen LogP contribution in [0.2, 0.25) is 0 Å². The second kappa shape index (κ2) is 25.0. The van der Waals surface area contributed by atoms with E-state index < -0.39 is 0 Å². The second-order valence-electron chi connectivity index (χ2n) is 3.63. The number of hydrogen-bond acceptors (Lipinski definition) is 3. The first kappa shape index (κ1) is 22.2. The van der Waals surface area contributed by atoms with Crippen molar-refractivity contribution in [3.63, 3.8) is 0 Å². The topological polar surface area (TPSA) is 64.1 Å². The molecule has 0 aliphatic heterocycles. The van der Waals surface area contributed by atoms with E-state index in [1.807, 2.05) is 20.0 Å². The largest absolute Gasteiger partial charge is 0.401 e. The van der Waals surface area contributed by atoms with Crippen LogP contribution in [0.3, 0.4) is 0 Å². The van der Waals surface area contributed by atoms with E-state index in [1.54, 1.807) is 0 Å². The molecule has 3 heteroatoms. The van der Waals surface area contributed by atoms with Gasteiger partial charge in [-0.25, -0.2) is 0 Å². The standard InChI is InChI=1S/C11H25N3.C2H6.C2H4/c1-2-3-4-5-9-14-10-11(13)7-6-8-12;2*1-2/h10,14H,2-9,12-13H2,1H3;1-2H3;1-2H2/b11-10-;;. The molecule has 0 unspecified atom stereocenters. The molecular formula is C15H35N3. The molecule has 0 amide bonds. The van der Waals surface area contributed by atoms with Crippen LogP contribution in [-0.2, 0) is 0 Å². The Morgan fingerprint density at radius 2 is 1.72 bits per heavy atom. The van der Waals surface area contributed by atoms with E-state index in [2.05, 4.69) is 25.4 Å². The summed E-state index contributed by atoms with van der Waals surface area (Å²) in [6.45, 7) is 14.0.